The molecule has 0 fully saturated rings. The maximum Gasteiger partial charge on any atom is 0.417 e. The zero-order chi connectivity index (χ0) is 18.4. The predicted octanol–water partition coefficient (Wildman–Crippen LogP) is 3.16. The van der Waals surface area contributed by atoms with Gasteiger partial charge in [-0.2, -0.15) is 13.2 Å². The van der Waals surface area contributed by atoms with Gasteiger partial charge in [-0.05, 0) is 23.6 Å². The van der Waals surface area contributed by atoms with Crippen molar-refractivity contribution < 1.29 is 22.8 Å². The number of rotatable bonds is 2. The van der Waals surface area contributed by atoms with Crippen molar-refractivity contribution in [1.29, 1.82) is 0 Å². The van der Waals surface area contributed by atoms with Crippen LogP contribution in [0.2, 0.25) is 0 Å². The summed E-state index contributed by atoms with van der Waals surface area (Å²) in [6.07, 6.45) is -0.0154. The van der Waals surface area contributed by atoms with E-state index < -0.39 is 17.2 Å². The Bertz CT molecular complexity index is 755. The summed E-state index contributed by atoms with van der Waals surface area (Å²) in [6.45, 7) is 4.23. The monoisotopic (exact) mass is 352 g/mol. The third-order valence-corrected chi connectivity index (χ3v) is 5.12. The molecule has 1 amide bonds. The molecule has 0 spiro atoms. The molecule has 0 saturated heterocycles. The fourth-order valence-corrected chi connectivity index (χ4v) is 3.49. The summed E-state index contributed by atoms with van der Waals surface area (Å²) in [6, 6.07) is 1.07. The zero-order valence-corrected chi connectivity index (χ0v) is 14.1. The largest absolute Gasteiger partial charge is 0.417 e. The van der Waals surface area contributed by atoms with Gasteiger partial charge < -0.3 is 4.90 Å². The van der Waals surface area contributed by atoms with Gasteiger partial charge in [-0.25, -0.2) is 0 Å². The van der Waals surface area contributed by atoms with Crippen LogP contribution in [0.3, 0.4) is 0 Å². The van der Waals surface area contributed by atoms with Gasteiger partial charge in [-0.1, -0.05) is 19.9 Å². The molecule has 0 N–H and O–H groups in total. The summed E-state index contributed by atoms with van der Waals surface area (Å²) < 4.78 is 38.7. The molecule has 1 aromatic rings. The minimum atomic E-state index is -4.46. The summed E-state index contributed by atoms with van der Waals surface area (Å²) in [5, 5.41) is 0. The standard InChI is InChI=1S/C18H19F3N2O2/c1-11(2)17(5-3-14(24)8-17)16(25)23-6-4-15-12(10-23)7-13(9-22-15)18(19,20)21/h3,5,7,9,11H,4,6,8,10H2,1-2H3/t17-/m0/s1. The second-order valence-electron chi connectivity index (χ2n) is 6.98. The molecule has 3 rings (SSSR count). The molecule has 4 nitrogen and oxygen atoms in total. The lowest BCUT2D eigenvalue weighted by Gasteiger charge is -2.38. The summed E-state index contributed by atoms with van der Waals surface area (Å²) in [4.78, 5) is 30.3. The predicted molar refractivity (Wildman–Crippen MR) is 84.4 cm³/mol. The smallest absolute Gasteiger partial charge is 0.337 e. The molecule has 0 aromatic carbocycles. The third-order valence-electron chi connectivity index (χ3n) is 5.12. The molecule has 0 unspecified atom stereocenters. The van der Waals surface area contributed by atoms with Crippen LogP contribution in [0.1, 0.15) is 37.1 Å². The van der Waals surface area contributed by atoms with Crippen LogP contribution in [0.25, 0.3) is 0 Å². The van der Waals surface area contributed by atoms with E-state index >= 15 is 0 Å². The Morgan fingerprint density at radius 3 is 2.64 bits per heavy atom. The van der Waals surface area contributed by atoms with Crippen molar-refractivity contribution >= 4 is 11.7 Å². The lowest BCUT2D eigenvalue weighted by molar-refractivity contribution is -0.144. The van der Waals surface area contributed by atoms with Gasteiger partial charge in [0.1, 0.15) is 0 Å². The van der Waals surface area contributed by atoms with E-state index in [1.165, 1.54) is 6.08 Å². The molecule has 1 aliphatic carbocycles. The quantitative estimate of drug-likeness (QED) is 0.822. The number of fused-ring (bicyclic) bond motifs is 1. The molecular weight excluding hydrogens is 333 g/mol. The second kappa shape index (κ2) is 5.97. The van der Waals surface area contributed by atoms with Gasteiger partial charge in [0.05, 0.1) is 11.0 Å². The number of amides is 1. The topological polar surface area (TPSA) is 50.3 Å². The van der Waals surface area contributed by atoms with E-state index in [4.69, 9.17) is 0 Å². The lowest BCUT2D eigenvalue weighted by Crippen LogP contribution is -2.47. The average molecular weight is 352 g/mol. The van der Waals surface area contributed by atoms with Crippen molar-refractivity contribution in [2.75, 3.05) is 6.54 Å². The van der Waals surface area contributed by atoms with E-state index in [1.807, 2.05) is 13.8 Å². The zero-order valence-electron chi connectivity index (χ0n) is 14.1. The summed E-state index contributed by atoms with van der Waals surface area (Å²) in [5.74, 6) is -0.378. The summed E-state index contributed by atoms with van der Waals surface area (Å²) in [7, 11) is 0. The summed E-state index contributed by atoms with van der Waals surface area (Å²) in [5.41, 5.74) is -0.700. The first-order valence-electron chi connectivity index (χ1n) is 8.20. The van der Waals surface area contributed by atoms with Crippen LogP contribution in [-0.4, -0.2) is 28.1 Å². The molecule has 25 heavy (non-hydrogen) atoms. The normalized spacial score (nSPS) is 23.3. The molecule has 0 radical (unpaired) electrons. The number of hydrogen-bond donors (Lipinski definition) is 0. The van der Waals surface area contributed by atoms with Gasteiger partial charge in [0.25, 0.3) is 0 Å². The van der Waals surface area contributed by atoms with E-state index in [0.29, 0.717) is 24.2 Å². The molecule has 7 heteroatoms. The highest BCUT2D eigenvalue weighted by Gasteiger charge is 2.46. The Hall–Kier alpha value is -2.18. The van der Waals surface area contributed by atoms with Gasteiger partial charge in [-0.3, -0.25) is 14.6 Å². The number of alkyl halides is 3. The highest BCUT2D eigenvalue weighted by Crippen LogP contribution is 2.41. The second-order valence-corrected chi connectivity index (χ2v) is 6.98. The van der Waals surface area contributed by atoms with Crippen LogP contribution in [0.4, 0.5) is 13.2 Å². The first kappa shape index (κ1) is 17.6. The number of ketones is 1. The highest BCUT2D eigenvalue weighted by molar-refractivity contribution is 6.01. The number of pyridine rings is 1. The number of carbonyl (C=O) groups excluding carboxylic acids is 2. The van der Waals surface area contributed by atoms with Gasteiger partial charge in [-0.15, -0.1) is 0 Å². The Labute approximate surface area is 143 Å². The fourth-order valence-electron chi connectivity index (χ4n) is 3.49. The molecule has 2 aliphatic rings. The number of nitrogens with zero attached hydrogens (tertiary/aromatic N) is 2. The number of halogens is 3. The molecule has 0 saturated carbocycles. The molecule has 1 aromatic heterocycles. The van der Waals surface area contributed by atoms with Crippen LogP contribution in [0, 0.1) is 11.3 Å². The maximum absolute atomic E-state index is 13.1. The Kier molecular flexibility index (Phi) is 4.21. The molecule has 0 bridgehead atoms. The van der Waals surface area contributed by atoms with Crippen LogP contribution < -0.4 is 0 Å². The Morgan fingerprint density at radius 1 is 1.36 bits per heavy atom. The highest BCUT2D eigenvalue weighted by atomic mass is 19.4. The SMILES string of the molecule is CC(C)[C@]1(C(=O)N2CCc3ncc(C(F)(F)F)cc3C2)C=CC(=O)C1. The van der Waals surface area contributed by atoms with Crippen molar-refractivity contribution in [2.45, 2.75) is 39.4 Å². The third kappa shape index (κ3) is 3.07. The van der Waals surface area contributed by atoms with E-state index in [1.54, 1.807) is 11.0 Å². The molecular formula is C18H19F3N2O2. The molecule has 1 atom stereocenters. The first-order chi connectivity index (χ1) is 11.6. The minimum absolute atomic E-state index is 0.0799. The average Bonchev–Trinajstić information content (AvgIpc) is 2.95. The molecule has 134 valence electrons. The van der Waals surface area contributed by atoms with Gasteiger partial charge in [0.15, 0.2) is 5.78 Å². The molecule has 2 heterocycles. The first-order valence-corrected chi connectivity index (χ1v) is 8.20. The minimum Gasteiger partial charge on any atom is -0.337 e. The van der Waals surface area contributed by atoms with Crippen molar-refractivity contribution in [3.05, 3.63) is 41.2 Å². The van der Waals surface area contributed by atoms with Crippen molar-refractivity contribution in [2.24, 2.45) is 11.3 Å². The number of carbonyl (C=O) groups is 2. The van der Waals surface area contributed by atoms with Crippen molar-refractivity contribution in [3.63, 3.8) is 0 Å². The Morgan fingerprint density at radius 2 is 2.08 bits per heavy atom. The van der Waals surface area contributed by atoms with Crippen LogP contribution in [-0.2, 0) is 28.7 Å². The van der Waals surface area contributed by atoms with Crippen LogP contribution >= 0.6 is 0 Å². The number of hydrogen-bond acceptors (Lipinski definition) is 3. The maximum atomic E-state index is 13.1. The number of allylic oxidation sites excluding steroid dienone is 1. The van der Waals surface area contributed by atoms with Crippen molar-refractivity contribution in [3.8, 4) is 0 Å². The van der Waals surface area contributed by atoms with E-state index in [0.717, 1.165) is 12.3 Å². The van der Waals surface area contributed by atoms with E-state index in [9.17, 15) is 22.8 Å². The van der Waals surface area contributed by atoms with Gasteiger partial charge in [0.2, 0.25) is 5.91 Å². The van der Waals surface area contributed by atoms with Crippen LogP contribution in [0.15, 0.2) is 24.4 Å². The lowest BCUT2D eigenvalue weighted by atomic mass is 9.75. The van der Waals surface area contributed by atoms with Gasteiger partial charge in [0, 0.05) is 37.8 Å². The van der Waals surface area contributed by atoms with E-state index in [-0.39, 0.29) is 30.6 Å². The Balaban J connectivity index is 1.88. The summed E-state index contributed by atoms with van der Waals surface area (Å²) >= 11 is 0. The van der Waals surface area contributed by atoms with Gasteiger partial charge >= 0.3 is 6.18 Å². The van der Waals surface area contributed by atoms with Crippen molar-refractivity contribution in [1.82, 2.24) is 9.88 Å². The number of aromatic nitrogens is 1. The fraction of sp³-hybridized carbons (Fsp3) is 0.500. The molecule has 1 aliphatic heterocycles. The van der Waals surface area contributed by atoms with Crippen LogP contribution in [0.5, 0.6) is 0 Å². The van der Waals surface area contributed by atoms with E-state index in [2.05, 4.69) is 4.98 Å².